The topological polar surface area (TPSA) is 20.2 Å². The molecule has 1 N–H and O–H groups in total. The molecule has 10 heavy (non-hydrogen) atoms. The van der Waals surface area contributed by atoms with Crippen LogP contribution >= 0.6 is 11.6 Å². The Morgan fingerprint density at radius 1 is 1.70 bits per heavy atom. The fourth-order valence-corrected chi connectivity index (χ4v) is 0.435. The number of allylic oxidation sites excluding steroid dienone is 4. The van der Waals surface area contributed by atoms with Gasteiger partial charge in [-0.3, -0.25) is 0 Å². The largest absolute Gasteiger partial charge is 0.505 e. The van der Waals surface area contributed by atoms with Crippen LogP contribution in [0.1, 0.15) is 6.92 Å². The molecule has 0 aliphatic heterocycles. The molecule has 56 valence electrons. The molecular formula is C7H8ClFO. The van der Waals surface area contributed by atoms with Crippen LogP contribution in [0.4, 0.5) is 4.39 Å². The van der Waals surface area contributed by atoms with E-state index in [-0.39, 0.29) is 5.03 Å². The first-order valence-corrected chi connectivity index (χ1v) is 3.04. The Hall–Kier alpha value is -0.760. The monoisotopic (exact) mass is 162 g/mol. The maximum atomic E-state index is 12.5. The lowest BCUT2D eigenvalue weighted by Crippen LogP contribution is -1.81. The molecule has 0 atom stereocenters. The molecule has 1 nitrogen and oxygen atoms in total. The number of halogens is 2. The molecule has 0 fully saturated rings. The molecule has 0 aliphatic rings. The molecule has 0 heterocycles. The summed E-state index contributed by atoms with van der Waals surface area (Å²) in [5.74, 6) is -1.39. The van der Waals surface area contributed by atoms with Gasteiger partial charge in [0.25, 0.3) is 0 Å². The van der Waals surface area contributed by atoms with Crippen LogP contribution in [0.3, 0.4) is 0 Å². The van der Waals surface area contributed by atoms with Crippen LogP contribution in [0.15, 0.2) is 35.3 Å². The van der Waals surface area contributed by atoms with Crippen LogP contribution in [0.5, 0.6) is 0 Å². The predicted molar refractivity (Wildman–Crippen MR) is 40.6 cm³/mol. The average Bonchev–Trinajstić information content (AvgIpc) is 2.00. The second kappa shape index (κ2) is 4.12. The molecule has 0 aromatic carbocycles. The number of hydrogen-bond donors (Lipinski definition) is 1. The standard InChI is InChI=1S/C7H8ClFO/c1-3-5(8)7(9)6(10)4-2/h3-4,10H,2H2,1H3/b5-3+,7-6-. The van der Waals surface area contributed by atoms with E-state index in [0.29, 0.717) is 0 Å². The Labute approximate surface area is 64.1 Å². The van der Waals surface area contributed by atoms with Gasteiger partial charge in [0.05, 0.1) is 5.03 Å². The molecule has 0 aromatic rings. The maximum absolute atomic E-state index is 12.5. The quantitative estimate of drug-likeness (QED) is 0.489. The second-order valence-corrected chi connectivity index (χ2v) is 1.95. The summed E-state index contributed by atoms with van der Waals surface area (Å²) in [7, 11) is 0. The van der Waals surface area contributed by atoms with Gasteiger partial charge < -0.3 is 5.11 Å². The highest BCUT2D eigenvalue weighted by atomic mass is 35.5. The zero-order chi connectivity index (χ0) is 8.15. The van der Waals surface area contributed by atoms with E-state index in [0.717, 1.165) is 6.08 Å². The van der Waals surface area contributed by atoms with Crippen LogP contribution in [0, 0.1) is 0 Å². The molecule has 0 rings (SSSR count). The molecule has 0 spiro atoms. The van der Waals surface area contributed by atoms with E-state index in [2.05, 4.69) is 6.58 Å². The SMILES string of the molecule is C=C/C(O)=C(F)\C(Cl)=C/C. The minimum absolute atomic E-state index is 0.114. The van der Waals surface area contributed by atoms with Gasteiger partial charge in [0, 0.05) is 0 Å². The lowest BCUT2D eigenvalue weighted by molar-refractivity contribution is 0.405. The van der Waals surface area contributed by atoms with E-state index in [1.165, 1.54) is 6.08 Å². The Morgan fingerprint density at radius 2 is 2.20 bits per heavy atom. The van der Waals surface area contributed by atoms with E-state index >= 15 is 0 Å². The van der Waals surface area contributed by atoms with Gasteiger partial charge in [0.15, 0.2) is 11.6 Å². The van der Waals surface area contributed by atoms with Gasteiger partial charge in [0.1, 0.15) is 0 Å². The third kappa shape index (κ3) is 2.23. The summed E-state index contributed by atoms with van der Waals surface area (Å²) in [4.78, 5) is 0. The molecule has 3 heteroatoms. The van der Waals surface area contributed by atoms with Crippen molar-refractivity contribution in [2.24, 2.45) is 0 Å². The van der Waals surface area contributed by atoms with E-state index in [4.69, 9.17) is 16.7 Å². The molecule has 0 saturated carbocycles. The zero-order valence-electron chi connectivity index (χ0n) is 5.56. The van der Waals surface area contributed by atoms with E-state index in [9.17, 15) is 4.39 Å². The number of aliphatic hydroxyl groups excluding tert-OH is 1. The Balaban J connectivity index is 4.63. The van der Waals surface area contributed by atoms with Gasteiger partial charge in [-0.25, -0.2) is 4.39 Å². The van der Waals surface area contributed by atoms with Crippen molar-refractivity contribution in [3.63, 3.8) is 0 Å². The highest BCUT2D eigenvalue weighted by Gasteiger charge is 2.03. The summed E-state index contributed by atoms with van der Waals surface area (Å²) in [5, 5.41) is 8.58. The van der Waals surface area contributed by atoms with Crippen molar-refractivity contribution in [1.82, 2.24) is 0 Å². The van der Waals surface area contributed by atoms with Gasteiger partial charge in [-0.05, 0) is 13.0 Å². The van der Waals surface area contributed by atoms with Crippen LogP contribution in [0.2, 0.25) is 0 Å². The highest BCUT2D eigenvalue weighted by molar-refractivity contribution is 6.31. The summed E-state index contributed by atoms with van der Waals surface area (Å²) < 4.78 is 12.5. The third-order valence-electron chi connectivity index (χ3n) is 0.881. The minimum atomic E-state index is -0.848. The smallest absolute Gasteiger partial charge is 0.182 e. The fourth-order valence-electron chi connectivity index (χ4n) is 0.339. The van der Waals surface area contributed by atoms with Crippen LogP contribution in [-0.2, 0) is 0 Å². The van der Waals surface area contributed by atoms with Crippen molar-refractivity contribution < 1.29 is 9.50 Å². The number of hydrogen-bond acceptors (Lipinski definition) is 1. The molecule has 0 amide bonds. The summed E-state index contributed by atoms with van der Waals surface area (Å²) in [6.45, 7) is 4.73. The normalized spacial score (nSPS) is 14.5. The fraction of sp³-hybridized carbons (Fsp3) is 0.143. The van der Waals surface area contributed by atoms with E-state index in [1.54, 1.807) is 6.92 Å². The van der Waals surface area contributed by atoms with Crippen molar-refractivity contribution in [1.29, 1.82) is 0 Å². The number of aliphatic hydroxyl groups is 1. The Bertz CT molecular complexity index is 194. The third-order valence-corrected chi connectivity index (χ3v) is 1.27. The summed E-state index contributed by atoms with van der Waals surface area (Å²) >= 11 is 5.31. The van der Waals surface area contributed by atoms with E-state index in [1.807, 2.05) is 0 Å². The first-order valence-electron chi connectivity index (χ1n) is 2.66. The lowest BCUT2D eigenvalue weighted by Gasteiger charge is -1.94. The minimum Gasteiger partial charge on any atom is -0.505 e. The molecular weight excluding hydrogens is 155 g/mol. The molecule has 0 saturated heterocycles. The van der Waals surface area contributed by atoms with Crippen molar-refractivity contribution in [3.8, 4) is 0 Å². The second-order valence-electron chi connectivity index (χ2n) is 1.54. The van der Waals surface area contributed by atoms with Crippen LogP contribution in [0.25, 0.3) is 0 Å². The maximum Gasteiger partial charge on any atom is 0.182 e. The molecule has 0 unspecified atom stereocenters. The van der Waals surface area contributed by atoms with Crippen LogP contribution in [-0.4, -0.2) is 5.11 Å². The predicted octanol–water partition coefficient (Wildman–Crippen LogP) is 3.05. The lowest BCUT2D eigenvalue weighted by atomic mass is 10.4. The van der Waals surface area contributed by atoms with Crippen molar-refractivity contribution in [2.75, 3.05) is 0 Å². The summed E-state index contributed by atoms with van der Waals surface area (Å²) in [6.07, 6.45) is 2.33. The molecule has 0 aromatic heterocycles. The van der Waals surface area contributed by atoms with Crippen molar-refractivity contribution in [3.05, 3.63) is 35.3 Å². The Kier molecular flexibility index (Phi) is 3.81. The van der Waals surface area contributed by atoms with Gasteiger partial charge >= 0.3 is 0 Å². The van der Waals surface area contributed by atoms with Gasteiger partial charge in [-0.15, -0.1) is 0 Å². The zero-order valence-corrected chi connectivity index (χ0v) is 6.32. The van der Waals surface area contributed by atoms with Crippen LogP contribution < -0.4 is 0 Å². The first-order chi connectivity index (χ1) is 4.63. The molecule has 0 aliphatic carbocycles. The molecule has 0 radical (unpaired) electrons. The Morgan fingerprint density at radius 3 is 2.50 bits per heavy atom. The average molecular weight is 163 g/mol. The summed E-state index contributed by atoms with van der Waals surface area (Å²) in [5.41, 5.74) is 0. The van der Waals surface area contributed by atoms with E-state index < -0.39 is 11.6 Å². The van der Waals surface area contributed by atoms with Crippen molar-refractivity contribution >= 4 is 11.6 Å². The first kappa shape index (κ1) is 9.24. The van der Waals surface area contributed by atoms with Gasteiger partial charge in [-0.2, -0.15) is 0 Å². The number of rotatable bonds is 2. The highest BCUT2D eigenvalue weighted by Crippen LogP contribution is 2.18. The summed E-state index contributed by atoms with van der Waals surface area (Å²) in [6, 6.07) is 0. The molecule has 0 bridgehead atoms. The van der Waals surface area contributed by atoms with Gasteiger partial charge in [0.2, 0.25) is 0 Å². The van der Waals surface area contributed by atoms with Crippen molar-refractivity contribution in [2.45, 2.75) is 6.92 Å². The van der Waals surface area contributed by atoms with Gasteiger partial charge in [-0.1, -0.05) is 24.3 Å².